The number of hydrogen-bond acceptors (Lipinski definition) is 6. The van der Waals surface area contributed by atoms with Crippen molar-refractivity contribution < 1.29 is 9.53 Å². The Kier molecular flexibility index (Phi) is 3.93. The van der Waals surface area contributed by atoms with Crippen molar-refractivity contribution in [1.29, 1.82) is 0 Å². The Labute approximate surface area is 143 Å². The minimum absolute atomic E-state index is 0.171. The molecule has 0 saturated carbocycles. The molecule has 8 heteroatoms. The van der Waals surface area contributed by atoms with Gasteiger partial charge in [0.1, 0.15) is 11.2 Å². The van der Waals surface area contributed by atoms with Crippen molar-refractivity contribution in [2.24, 2.45) is 5.92 Å². The van der Waals surface area contributed by atoms with Crippen LogP contribution in [0.25, 0.3) is 15.9 Å². The first kappa shape index (κ1) is 15.5. The van der Waals surface area contributed by atoms with Gasteiger partial charge in [-0.05, 0) is 30.7 Å². The lowest BCUT2D eigenvalue weighted by Gasteiger charge is -2.17. The van der Waals surface area contributed by atoms with Gasteiger partial charge >= 0.3 is 0 Å². The van der Waals surface area contributed by atoms with Gasteiger partial charge in [0.2, 0.25) is 5.82 Å². The Hall–Kier alpha value is -2.06. The molecule has 4 rings (SSSR count). The van der Waals surface area contributed by atoms with Gasteiger partial charge in [-0.2, -0.15) is 0 Å². The van der Waals surface area contributed by atoms with E-state index in [0.29, 0.717) is 19.1 Å². The number of ether oxygens (including phenoxy) is 1. The van der Waals surface area contributed by atoms with Crippen LogP contribution in [0.1, 0.15) is 34.4 Å². The van der Waals surface area contributed by atoms with Gasteiger partial charge in [0.25, 0.3) is 5.91 Å². The van der Waals surface area contributed by atoms with Gasteiger partial charge in [-0.25, -0.2) is 14.5 Å². The van der Waals surface area contributed by atoms with Crippen molar-refractivity contribution in [2.45, 2.75) is 26.2 Å². The van der Waals surface area contributed by atoms with Gasteiger partial charge in [-0.1, -0.05) is 6.92 Å². The fourth-order valence-electron chi connectivity index (χ4n) is 3.18. The second-order valence-electron chi connectivity index (χ2n) is 6.23. The van der Waals surface area contributed by atoms with E-state index in [4.69, 9.17) is 4.74 Å². The topological polar surface area (TPSA) is 81.4 Å². The van der Waals surface area contributed by atoms with Crippen LogP contribution in [0.2, 0.25) is 0 Å². The molecule has 0 aromatic carbocycles. The smallest absolute Gasteiger partial charge is 0.291 e. The summed E-state index contributed by atoms with van der Waals surface area (Å²) in [5, 5.41) is 8.09. The number of methoxy groups -OCH3 is 1. The highest BCUT2D eigenvalue weighted by Gasteiger charge is 2.24. The second kappa shape index (κ2) is 6.10. The van der Waals surface area contributed by atoms with Crippen LogP contribution in [-0.4, -0.2) is 45.8 Å². The van der Waals surface area contributed by atoms with Crippen LogP contribution < -0.4 is 5.32 Å². The standard InChI is InChI=1S/C16H19N5O2S/c1-9-3-4-10-11(7-9)24-16-12(10)14-19-13(20-21(14)8-18-16)15(22)17-5-6-23-2/h8-9H,3-7H2,1-2H3,(H,17,22). The predicted octanol–water partition coefficient (Wildman–Crippen LogP) is 1.84. The Morgan fingerprint density at radius 2 is 2.42 bits per heavy atom. The zero-order valence-corrected chi connectivity index (χ0v) is 14.5. The zero-order chi connectivity index (χ0) is 16.7. The highest BCUT2D eigenvalue weighted by Crippen LogP contribution is 2.38. The molecule has 0 radical (unpaired) electrons. The van der Waals surface area contributed by atoms with Crippen LogP contribution in [0.15, 0.2) is 6.33 Å². The summed E-state index contributed by atoms with van der Waals surface area (Å²) < 4.78 is 6.55. The molecule has 1 aliphatic carbocycles. The summed E-state index contributed by atoms with van der Waals surface area (Å²) in [7, 11) is 1.60. The number of carbonyl (C=O) groups is 1. The Morgan fingerprint density at radius 1 is 1.54 bits per heavy atom. The van der Waals surface area contributed by atoms with Crippen molar-refractivity contribution in [3.63, 3.8) is 0 Å². The largest absolute Gasteiger partial charge is 0.383 e. The van der Waals surface area contributed by atoms with E-state index in [1.54, 1.807) is 29.3 Å². The lowest BCUT2D eigenvalue weighted by molar-refractivity contribution is 0.0927. The number of hydrogen-bond donors (Lipinski definition) is 1. The maximum atomic E-state index is 12.2. The van der Waals surface area contributed by atoms with Crippen molar-refractivity contribution in [1.82, 2.24) is 24.9 Å². The van der Waals surface area contributed by atoms with E-state index in [9.17, 15) is 4.79 Å². The van der Waals surface area contributed by atoms with Gasteiger partial charge in [-0.15, -0.1) is 16.4 Å². The Bertz CT molecular complexity index is 916. The van der Waals surface area contributed by atoms with Gasteiger partial charge in [0, 0.05) is 18.5 Å². The molecule has 0 bridgehead atoms. The fourth-order valence-corrected chi connectivity index (χ4v) is 4.53. The molecule has 0 saturated heterocycles. The summed E-state index contributed by atoms with van der Waals surface area (Å²) in [6.07, 6.45) is 4.96. The third-order valence-corrected chi connectivity index (χ3v) is 5.59. The number of rotatable bonds is 4. The van der Waals surface area contributed by atoms with E-state index in [-0.39, 0.29) is 11.7 Å². The third-order valence-electron chi connectivity index (χ3n) is 4.43. The zero-order valence-electron chi connectivity index (χ0n) is 13.7. The molecule has 24 heavy (non-hydrogen) atoms. The van der Waals surface area contributed by atoms with Crippen LogP contribution in [0.3, 0.4) is 0 Å². The van der Waals surface area contributed by atoms with Crippen molar-refractivity contribution in [3.05, 3.63) is 22.6 Å². The maximum Gasteiger partial charge on any atom is 0.291 e. The summed E-state index contributed by atoms with van der Waals surface area (Å²) in [6, 6.07) is 0. The van der Waals surface area contributed by atoms with Gasteiger partial charge in [0.15, 0.2) is 5.65 Å². The summed E-state index contributed by atoms with van der Waals surface area (Å²) in [6.45, 7) is 3.18. The molecule has 126 valence electrons. The maximum absolute atomic E-state index is 12.2. The summed E-state index contributed by atoms with van der Waals surface area (Å²) in [5.41, 5.74) is 2.06. The Morgan fingerprint density at radius 3 is 3.25 bits per heavy atom. The summed E-state index contributed by atoms with van der Waals surface area (Å²) >= 11 is 1.74. The average Bonchev–Trinajstić information content (AvgIpc) is 3.14. The van der Waals surface area contributed by atoms with Crippen LogP contribution in [0.5, 0.6) is 0 Å². The molecule has 3 aromatic heterocycles. The molecule has 1 atom stereocenters. The molecule has 0 spiro atoms. The SMILES string of the molecule is COCCNC(=O)c1nc2c3c4c(sc3ncn2n1)CC(C)CC4. The van der Waals surface area contributed by atoms with Crippen molar-refractivity contribution >= 4 is 33.1 Å². The summed E-state index contributed by atoms with van der Waals surface area (Å²) in [4.78, 5) is 23.6. The molecule has 1 aliphatic rings. The predicted molar refractivity (Wildman–Crippen MR) is 91.6 cm³/mol. The molecule has 3 aromatic rings. The minimum atomic E-state index is -0.290. The van der Waals surface area contributed by atoms with E-state index in [2.05, 4.69) is 27.3 Å². The van der Waals surface area contributed by atoms with E-state index >= 15 is 0 Å². The molecule has 1 unspecified atom stereocenters. The number of thiophene rings is 1. The van der Waals surface area contributed by atoms with Crippen LogP contribution in [0.4, 0.5) is 0 Å². The number of nitrogens with one attached hydrogen (secondary N) is 1. The number of aryl methyl sites for hydroxylation is 1. The minimum Gasteiger partial charge on any atom is -0.383 e. The molecule has 0 aliphatic heterocycles. The summed E-state index contributed by atoms with van der Waals surface area (Å²) in [5.74, 6) is 0.590. The number of fused-ring (bicyclic) bond motifs is 5. The highest BCUT2D eigenvalue weighted by atomic mass is 32.1. The van der Waals surface area contributed by atoms with Gasteiger partial charge in [-0.3, -0.25) is 4.79 Å². The normalized spacial score (nSPS) is 17.3. The Balaban J connectivity index is 1.76. The van der Waals surface area contributed by atoms with E-state index in [1.807, 2.05) is 0 Å². The number of aromatic nitrogens is 4. The first-order chi connectivity index (χ1) is 11.7. The second-order valence-corrected chi connectivity index (χ2v) is 7.31. The van der Waals surface area contributed by atoms with E-state index in [0.717, 1.165) is 28.7 Å². The van der Waals surface area contributed by atoms with Gasteiger partial charge in [0.05, 0.1) is 12.0 Å². The lowest BCUT2D eigenvalue weighted by atomic mass is 9.89. The molecule has 7 nitrogen and oxygen atoms in total. The molecule has 1 N–H and O–H groups in total. The number of amides is 1. The number of nitrogens with zero attached hydrogens (tertiary/aromatic N) is 4. The first-order valence-corrected chi connectivity index (χ1v) is 8.91. The quantitative estimate of drug-likeness (QED) is 0.730. The van der Waals surface area contributed by atoms with Crippen molar-refractivity contribution in [3.8, 4) is 0 Å². The lowest BCUT2D eigenvalue weighted by Crippen LogP contribution is -2.27. The highest BCUT2D eigenvalue weighted by molar-refractivity contribution is 7.19. The van der Waals surface area contributed by atoms with E-state index in [1.165, 1.54) is 16.9 Å². The molecule has 1 amide bonds. The van der Waals surface area contributed by atoms with E-state index < -0.39 is 0 Å². The molecule has 0 fully saturated rings. The fraction of sp³-hybridized carbons (Fsp3) is 0.500. The van der Waals surface area contributed by atoms with Crippen molar-refractivity contribution in [2.75, 3.05) is 20.3 Å². The number of carbonyl (C=O) groups excluding carboxylic acids is 1. The molecule has 3 heterocycles. The van der Waals surface area contributed by atoms with Crippen LogP contribution in [-0.2, 0) is 17.6 Å². The molecular formula is C16H19N5O2S. The average molecular weight is 345 g/mol. The first-order valence-electron chi connectivity index (χ1n) is 8.10. The van der Waals surface area contributed by atoms with Crippen LogP contribution in [0, 0.1) is 5.92 Å². The van der Waals surface area contributed by atoms with Gasteiger partial charge < -0.3 is 10.1 Å². The monoisotopic (exact) mass is 345 g/mol. The third kappa shape index (κ3) is 2.55. The molecular weight excluding hydrogens is 326 g/mol. The van der Waals surface area contributed by atoms with Crippen LogP contribution >= 0.6 is 11.3 Å².